The number of rotatable bonds is 7. The van der Waals surface area contributed by atoms with Crippen LogP contribution in [0.5, 0.6) is 0 Å². The topological polar surface area (TPSA) is 72.2 Å². The Morgan fingerprint density at radius 3 is 1.88 bits per heavy atom. The van der Waals surface area contributed by atoms with Gasteiger partial charge in [-0.15, -0.1) is 0 Å². The summed E-state index contributed by atoms with van der Waals surface area (Å²) in [6, 6.07) is 0. The quantitative estimate of drug-likeness (QED) is 0.737. The van der Waals surface area contributed by atoms with Crippen molar-refractivity contribution in [3.05, 3.63) is 0 Å². The van der Waals surface area contributed by atoms with Gasteiger partial charge in [0, 0.05) is 12.1 Å². The molecule has 0 fully saturated rings. The molecule has 0 saturated heterocycles. The summed E-state index contributed by atoms with van der Waals surface area (Å²) in [7, 11) is -3.24. The first kappa shape index (κ1) is 16.9. The normalized spacial score (nSPS) is 14.0. The number of hydrogen-bond acceptors (Lipinski definition) is 3. The van der Waals surface area contributed by atoms with Gasteiger partial charge in [0.25, 0.3) is 0 Å². The smallest absolute Gasteiger partial charge is 0.212 e. The van der Waals surface area contributed by atoms with E-state index in [1.165, 1.54) is 0 Å². The van der Waals surface area contributed by atoms with Crippen LogP contribution in [-0.2, 0) is 10.0 Å². The predicted octanol–water partition coefficient (Wildman–Crippen LogP) is 1.86. The third-order valence-corrected chi connectivity index (χ3v) is 4.72. The first-order chi connectivity index (χ1) is 7.60. The molecule has 0 aromatic heterocycles. The van der Waals surface area contributed by atoms with Gasteiger partial charge in [-0.1, -0.05) is 34.6 Å². The molecular formula is C12H28N2O2S. The van der Waals surface area contributed by atoms with Gasteiger partial charge in [-0.2, -0.15) is 0 Å². The molecule has 5 heteroatoms. The van der Waals surface area contributed by atoms with Crippen LogP contribution in [0.4, 0.5) is 0 Å². The van der Waals surface area contributed by atoms with Crippen molar-refractivity contribution in [1.82, 2.24) is 4.72 Å². The van der Waals surface area contributed by atoms with Gasteiger partial charge >= 0.3 is 0 Å². The van der Waals surface area contributed by atoms with Crippen molar-refractivity contribution >= 4 is 10.0 Å². The molecule has 0 amide bonds. The minimum Gasteiger partial charge on any atom is -0.329 e. The summed E-state index contributed by atoms with van der Waals surface area (Å²) in [5.41, 5.74) is 5.24. The van der Waals surface area contributed by atoms with E-state index in [1.807, 2.05) is 34.6 Å². The second-order valence-electron chi connectivity index (χ2n) is 5.92. The van der Waals surface area contributed by atoms with Gasteiger partial charge in [0.2, 0.25) is 10.0 Å². The van der Waals surface area contributed by atoms with Crippen LogP contribution in [0, 0.1) is 5.41 Å². The summed E-state index contributed by atoms with van der Waals surface area (Å²) < 4.78 is 26.8. The summed E-state index contributed by atoms with van der Waals surface area (Å²) in [5.74, 6) is 0.165. The molecule has 0 heterocycles. The van der Waals surface area contributed by atoms with Crippen molar-refractivity contribution in [1.29, 1.82) is 0 Å². The highest BCUT2D eigenvalue weighted by Gasteiger charge is 2.30. The van der Waals surface area contributed by atoms with E-state index in [0.717, 1.165) is 12.8 Å². The minimum atomic E-state index is -3.24. The molecule has 0 aliphatic heterocycles. The maximum absolute atomic E-state index is 12.0. The van der Waals surface area contributed by atoms with Crippen molar-refractivity contribution in [2.75, 3.05) is 12.3 Å². The monoisotopic (exact) mass is 264 g/mol. The predicted molar refractivity (Wildman–Crippen MR) is 73.4 cm³/mol. The molecule has 0 unspecified atom stereocenters. The third kappa shape index (κ3) is 6.38. The number of nitrogens with one attached hydrogen (secondary N) is 1. The molecule has 0 radical (unpaired) electrons. The van der Waals surface area contributed by atoms with Crippen molar-refractivity contribution in [3.63, 3.8) is 0 Å². The fourth-order valence-electron chi connectivity index (χ4n) is 1.55. The second kappa shape index (κ2) is 6.16. The van der Waals surface area contributed by atoms with Crippen LogP contribution in [-0.4, -0.2) is 26.3 Å². The standard InChI is InChI=1S/C12H28N2O2S/c1-6-12(7-2,10-13)14-17(15,16)9-8-11(3,4)5/h14H,6-10,13H2,1-5H3. The van der Waals surface area contributed by atoms with Crippen LogP contribution in [0.1, 0.15) is 53.9 Å². The molecule has 0 aromatic rings. The maximum atomic E-state index is 12.0. The molecule has 4 nitrogen and oxygen atoms in total. The van der Waals surface area contributed by atoms with E-state index in [9.17, 15) is 8.42 Å². The summed E-state index contributed by atoms with van der Waals surface area (Å²) >= 11 is 0. The summed E-state index contributed by atoms with van der Waals surface area (Å²) in [6.45, 7) is 10.4. The molecule has 3 N–H and O–H groups in total. The molecular weight excluding hydrogens is 236 g/mol. The zero-order chi connectivity index (χ0) is 13.7. The largest absolute Gasteiger partial charge is 0.329 e. The van der Waals surface area contributed by atoms with E-state index in [1.54, 1.807) is 0 Å². The fraction of sp³-hybridized carbons (Fsp3) is 1.00. The molecule has 0 saturated carbocycles. The molecule has 104 valence electrons. The number of nitrogens with two attached hydrogens (primary N) is 1. The number of hydrogen-bond donors (Lipinski definition) is 2. The van der Waals surface area contributed by atoms with E-state index in [2.05, 4.69) is 4.72 Å². The Bertz CT molecular complexity index is 306. The Morgan fingerprint density at radius 2 is 1.59 bits per heavy atom. The Labute approximate surface area is 106 Å². The summed E-state index contributed by atoms with van der Waals surface area (Å²) in [4.78, 5) is 0. The van der Waals surface area contributed by atoms with Crippen LogP contribution in [0.3, 0.4) is 0 Å². The fourth-order valence-corrected chi connectivity index (χ4v) is 3.56. The van der Waals surface area contributed by atoms with E-state index in [4.69, 9.17) is 5.73 Å². The lowest BCUT2D eigenvalue weighted by molar-refractivity contribution is 0.357. The van der Waals surface area contributed by atoms with Gasteiger partial charge in [0.05, 0.1) is 5.75 Å². The first-order valence-electron chi connectivity index (χ1n) is 6.31. The highest BCUT2D eigenvalue weighted by atomic mass is 32.2. The first-order valence-corrected chi connectivity index (χ1v) is 7.97. The lowest BCUT2D eigenvalue weighted by atomic mass is 9.94. The van der Waals surface area contributed by atoms with Gasteiger partial charge in [-0.3, -0.25) is 0 Å². The van der Waals surface area contributed by atoms with Gasteiger partial charge in [-0.25, -0.2) is 13.1 Å². The lowest BCUT2D eigenvalue weighted by Crippen LogP contribution is -2.53. The van der Waals surface area contributed by atoms with E-state index in [0.29, 0.717) is 13.0 Å². The molecule has 0 spiro atoms. The zero-order valence-electron chi connectivity index (χ0n) is 11.8. The van der Waals surface area contributed by atoms with Gasteiger partial charge in [0.15, 0.2) is 0 Å². The lowest BCUT2D eigenvalue weighted by Gasteiger charge is -2.31. The Morgan fingerprint density at radius 1 is 1.12 bits per heavy atom. The number of sulfonamides is 1. The molecule has 0 bridgehead atoms. The Hall–Kier alpha value is -0.130. The van der Waals surface area contributed by atoms with Crippen molar-refractivity contribution < 1.29 is 8.42 Å². The minimum absolute atomic E-state index is 0.0263. The van der Waals surface area contributed by atoms with Gasteiger partial charge in [-0.05, 0) is 24.7 Å². The maximum Gasteiger partial charge on any atom is 0.212 e. The van der Waals surface area contributed by atoms with Crippen LogP contribution in [0.2, 0.25) is 0 Å². The molecule has 0 rings (SSSR count). The van der Waals surface area contributed by atoms with Gasteiger partial charge in [0.1, 0.15) is 0 Å². The Balaban J connectivity index is 4.63. The van der Waals surface area contributed by atoms with Crippen molar-refractivity contribution in [3.8, 4) is 0 Å². The van der Waals surface area contributed by atoms with Crippen molar-refractivity contribution in [2.24, 2.45) is 11.1 Å². The van der Waals surface area contributed by atoms with E-state index < -0.39 is 15.6 Å². The van der Waals surface area contributed by atoms with E-state index in [-0.39, 0.29) is 11.2 Å². The summed E-state index contributed by atoms with van der Waals surface area (Å²) in [6.07, 6.45) is 2.08. The molecule has 0 aliphatic carbocycles. The molecule has 17 heavy (non-hydrogen) atoms. The second-order valence-corrected chi connectivity index (χ2v) is 7.77. The summed E-state index contributed by atoms with van der Waals surface area (Å²) in [5, 5.41) is 0. The SMILES string of the molecule is CCC(CC)(CN)NS(=O)(=O)CCC(C)(C)C. The molecule has 0 aromatic carbocycles. The molecule has 0 aliphatic rings. The van der Waals surface area contributed by atoms with Crippen LogP contribution in [0.15, 0.2) is 0 Å². The third-order valence-electron chi connectivity index (χ3n) is 3.24. The van der Waals surface area contributed by atoms with Crippen molar-refractivity contribution in [2.45, 2.75) is 59.4 Å². The average Bonchev–Trinajstić information content (AvgIpc) is 2.23. The van der Waals surface area contributed by atoms with Gasteiger partial charge < -0.3 is 5.73 Å². The Kier molecular flexibility index (Phi) is 6.11. The van der Waals surface area contributed by atoms with Crippen LogP contribution >= 0.6 is 0 Å². The zero-order valence-corrected chi connectivity index (χ0v) is 12.7. The van der Waals surface area contributed by atoms with Crippen LogP contribution < -0.4 is 10.5 Å². The van der Waals surface area contributed by atoms with Crippen LogP contribution in [0.25, 0.3) is 0 Å². The average molecular weight is 264 g/mol. The van der Waals surface area contributed by atoms with E-state index >= 15 is 0 Å². The highest BCUT2D eigenvalue weighted by Crippen LogP contribution is 2.20. The molecule has 0 atom stereocenters. The highest BCUT2D eigenvalue weighted by molar-refractivity contribution is 7.89.